The van der Waals surface area contributed by atoms with Crippen LogP contribution in [0.1, 0.15) is 33.3 Å². The van der Waals surface area contributed by atoms with Crippen LogP contribution in [0.5, 0.6) is 0 Å². The van der Waals surface area contributed by atoms with E-state index >= 15 is 0 Å². The van der Waals surface area contributed by atoms with Gasteiger partial charge in [0, 0.05) is 29.0 Å². The Morgan fingerprint density at radius 2 is 1.85 bits per heavy atom. The van der Waals surface area contributed by atoms with E-state index in [0.717, 1.165) is 11.0 Å². The SMILES string of the molecule is CS(=O)Cc1cnc(Cl)cc1B1OC(C)(C)C(C)(C)O1. The first kappa shape index (κ1) is 16.0. The molecule has 0 spiro atoms. The molecule has 0 N–H and O–H groups in total. The van der Waals surface area contributed by atoms with Crippen LogP contribution in [0.2, 0.25) is 5.15 Å². The van der Waals surface area contributed by atoms with Crippen molar-refractivity contribution in [3.8, 4) is 0 Å². The molecule has 1 aromatic rings. The third-order valence-corrected chi connectivity index (χ3v) is 4.78. The fourth-order valence-corrected chi connectivity index (χ4v) is 2.85. The normalized spacial score (nSPS) is 22.0. The third-order valence-electron chi connectivity index (χ3n) is 3.86. The van der Waals surface area contributed by atoms with Gasteiger partial charge in [-0.15, -0.1) is 0 Å². The predicted octanol–water partition coefficient (Wildman–Crippen LogP) is 1.91. The summed E-state index contributed by atoms with van der Waals surface area (Å²) in [6, 6.07) is 1.73. The predicted molar refractivity (Wildman–Crippen MR) is 82.7 cm³/mol. The quantitative estimate of drug-likeness (QED) is 0.631. The molecule has 2 rings (SSSR count). The van der Waals surface area contributed by atoms with Crippen molar-refractivity contribution in [2.45, 2.75) is 44.6 Å². The number of hydrogen-bond acceptors (Lipinski definition) is 4. The maximum Gasteiger partial charge on any atom is 0.495 e. The molecule has 2 heterocycles. The second kappa shape index (κ2) is 5.41. The third kappa shape index (κ3) is 3.08. The van der Waals surface area contributed by atoms with E-state index in [4.69, 9.17) is 20.9 Å². The van der Waals surface area contributed by atoms with Crippen molar-refractivity contribution in [2.24, 2.45) is 0 Å². The lowest BCUT2D eigenvalue weighted by molar-refractivity contribution is 0.00578. The van der Waals surface area contributed by atoms with Gasteiger partial charge in [0.25, 0.3) is 0 Å². The van der Waals surface area contributed by atoms with Crippen molar-refractivity contribution >= 4 is 35.0 Å². The van der Waals surface area contributed by atoms with Crippen molar-refractivity contribution < 1.29 is 13.5 Å². The lowest BCUT2D eigenvalue weighted by atomic mass is 9.77. The summed E-state index contributed by atoms with van der Waals surface area (Å²) >= 11 is 5.98. The van der Waals surface area contributed by atoms with Gasteiger partial charge in [0.15, 0.2) is 0 Å². The van der Waals surface area contributed by atoms with Gasteiger partial charge in [0.2, 0.25) is 0 Å². The lowest BCUT2D eigenvalue weighted by Crippen LogP contribution is -2.41. The zero-order valence-electron chi connectivity index (χ0n) is 12.4. The molecule has 1 aliphatic heterocycles. The number of halogens is 1. The molecule has 110 valence electrons. The standard InChI is InChI=1S/C13H19BClNO3S/c1-12(2)13(3,4)19-14(18-12)10-6-11(15)16-7-9(10)8-20(5)17/h6-7H,8H2,1-5H3. The van der Waals surface area contributed by atoms with E-state index in [1.807, 2.05) is 27.7 Å². The van der Waals surface area contributed by atoms with Crippen molar-refractivity contribution in [1.82, 2.24) is 4.98 Å². The zero-order chi connectivity index (χ0) is 15.1. The summed E-state index contributed by atoms with van der Waals surface area (Å²) in [4.78, 5) is 4.06. The van der Waals surface area contributed by atoms with Crippen molar-refractivity contribution in [2.75, 3.05) is 6.26 Å². The number of pyridine rings is 1. The summed E-state index contributed by atoms with van der Waals surface area (Å²) in [5.74, 6) is 0.406. The fourth-order valence-electron chi connectivity index (χ4n) is 2.00. The summed E-state index contributed by atoms with van der Waals surface area (Å²) in [6.45, 7) is 7.97. The van der Waals surface area contributed by atoms with Crippen LogP contribution in [0.4, 0.5) is 0 Å². The smallest absolute Gasteiger partial charge is 0.399 e. The summed E-state index contributed by atoms with van der Waals surface area (Å²) in [5.41, 5.74) is 0.805. The van der Waals surface area contributed by atoms with Crippen LogP contribution in [0.3, 0.4) is 0 Å². The lowest BCUT2D eigenvalue weighted by Gasteiger charge is -2.32. The van der Waals surface area contributed by atoms with Crippen LogP contribution in [0.25, 0.3) is 0 Å². The van der Waals surface area contributed by atoms with E-state index in [2.05, 4.69) is 4.98 Å². The first-order valence-electron chi connectivity index (χ1n) is 6.42. The molecule has 1 unspecified atom stereocenters. The highest BCUT2D eigenvalue weighted by molar-refractivity contribution is 7.83. The summed E-state index contributed by atoms with van der Waals surface area (Å²) < 4.78 is 23.5. The number of hydrogen-bond donors (Lipinski definition) is 0. The van der Waals surface area contributed by atoms with E-state index in [0.29, 0.717) is 10.9 Å². The van der Waals surface area contributed by atoms with Crippen LogP contribution in [-0.2, 0) is 25.9 Å². The molecule has 0 aliphatic carbocycles. The molecule has 7 heteroatoms. The van der Waals surface area contributed by atoms with Crippen molar-refractivity contribution in [1.29, 1.82) is 0 Å². The second-order valence-corrected chi connectivity index (χ2v) is 7.83. The molecule has 0 aromatic carbocycles. The number of nitrogens with zero attached hydrogens (tertiary/aromatic N) is 1. The zero-order valence-corrected chi connectivity index (χ0v) is 14.0. The molecule has 1 saturated heterocycles. The molecular formula is C13H19BClNO3S. The largest absolute Gasteiger partial charge is 0.495 e. The maximum absolute atomic E-state index is 11.5. The average Bonchev–Trinajstić information content (AvgIpc) is 2.50. The highest BCUT2D eigenvalue weighted by Crippen LogP contribution is 2.36. The molecule has 0 amide bonds. The van der Waals surface area contributed by atoms with E-state index in [-0.39, 0.29) is 0 Å². The topological polar surface area (TPSA) is 48.4 Å². The Kier molecular flexibility index (Phi) is 4.31. The molecule has 1 aromatic heterocycles. The molecule has 0 bridgehead atoms. The minimum absolute atomic E-state index is 0.375. The Morgan fingerprint density at radius 3 is 2.35 bits per heavy atom. The van der Waals surface area contributed by atoms with Gasteiger partial charge in [-0.3, -0.25) is 4.21 Å². The molecule has 1 atom stereocenters. The van der Waals surface area contributed by atoms with Gasteiger partial charge in [0.05, 0.1) is 11.2 Å². The van der Waals surface area contributed by atoms with Crippen LogP contribution in [-0.4, -0.2) is 33.8 Å². The van der Waals surface area contributed by atoms with Crippen LogP contribution in [0, 0.1) is 0 Å². The van der Waals surface area contributed by atoms with Gasteiger partial charge in [-0.05, 0) is 44.8 Å². The molecule has 1 fully saturated rings. The molecule has 0 saturated carbocycles. The van der Waals surface area contributed by atoms with Gasteiger partial charge in [0.1, 0.15) is 5.15 Å². The van der Waals surface area contributed by atoms with Crippen LogP contribution in [0.15, 0.2) is 12.3 Å². The van der Waals surface area contributed by atoms with E-state index in [1.54, 1.807) is 18.5 Å². The first-order valence-corrected chi connectivity index (χ1v) is 8.53. The number of rotatable bonds is 3. The van der Waals surface area contributed by atoms with Gasteiger partial charge >= 0.3 is 7.12 Å². The minimum atomic E-state index is -0.966. The van der Waals surface area contributed by atoms with Gasteiger partial charge in [-0.25, -0.2) is 4.98 Å². The molecule has 20 heavy (non-hydrogen) atoms. The highest BCUT2D eigenvalue weighted by Gasteiger charge is 2.52. The Hall–Kier alpha value is -0.425. The van der Waals surface area contributed by atoms with E-state index in [1.165, 1.54) is 0 Å². The van der Waals surface area contributed by atoms with E-state index < -0.39 is 29.1 Å². The van der Waals surface area contributed by atoms with Crippen LogP contribution < -0.4 is 5.46 Å². The summed E-state index contributed by atoms with van der Waals surface area (Å²) in [6.07, 6.45) is 3.30. The van der Waals surface area contributed by atoms with Crippen LogP contribution >= 0.6 is 11.6 Å². The average molecular weight is 316 g/mol. The Balaban J connectivity index is 2.38. The maximum atomic E-state index is 11.5. The van der Waals surface area contributed by atoms with Gasteiger partial charge < -0.3 is 9.31 Å². The highest BCUT2D eigenvalue weighted by atomic mass is 35.5. The first-order chi connectivity index (χ1) is 9.12. The van der Waals surface area contributed by atoms with Crippen molar-refractivity contribution in [3.63, 3.8) is 0 Å². The minimum Gasteiger partial charge on any atom is -0.399 e. The molecule has 4 nitrogen and oxygen atoms in total. The monoisotopic (exact) mass is 315 g/mol. The summed E-state index contributed by atoms with van der Waals surface area (Å²) in [7, 11) is -1.48. The summed E-state index contributed by atoms with van der Waals surface area (Å²) in [5, 5.41) is 0.375. The second-order valence-electron chi connectivity index (χ2n) is 6.01. The fraction of sp³-hybridized carbons (Fsp3) is 0.615. The Morgan fingerprint density at radius 1 is 1.30 bits per heavy atom. The Bertz CT molecular complexity index is 534. The molecule has 1 aliphatic rings. The molecular weight excluding hydrogens is 296 g/mol. The Labute approximate surface area is 127 Å². The number of aromatic nitrogens is 1. The van der Waals surface area contributed by atoms with Gasteiger partial charge in [-0.2, -0.15) is 0 Å². The van der Waals surface area contributed by atoms with Crippen molar-refractivity contribution in [3.05, 3.63) is 23.0 Å². The molecule has 0 radical (unpaired) electrons. The van der Waals surface area contributed by atoms with Gasteiger partial charge in [-0.1, -0.05) is 11.6 Å². The van der Waals surface area contributed by atoms with E-state index in [9.17, 15) is 4.21 Å².